The van der Waals surface area contributed by atoms with Crippen LogP contribution in [0.4, 0.5) is 5.69 Å². The topological polar surface area (TPSA) is 66.9 Å². The summed E-state index contributed by atoms with van der Waals surface area (Å²) in [6, 6.07) is 23.1. The summed E-state index contributed by atoms with van der Waals surface area (Å²) in [5.74, 6) is -0.331. The second-order valence-electron chi connectivity index (χ2n) is 7.14. The van der Waals surface area contributed by atoms with Crippen LogP contribution in [0.5, 0.6) is 5.75 Å². The molecule has 1 aliphatic rings. The zero-order valence-electron chi connectivity index (χ0n) is 17.2. The highest BCUT2D eigenvalue weighted by molar-refractivity contribution is 6.21. The molecule has 0 bridgehead atoms. The monoisotopic (exact) mass is 414 g/mol. The second-order valence-corrected chi connectivity index (χ2v) is 7.14. The molecular weight excluding hydrogens is 392 g/mol. The molecule has 0 saturated carbocycles. The number of rotatable bonds is 7. The summed E-state index contributed by atoms with van der Waals surface area (Å²) in [5.41, 5.74) is 2.15. The minimum Gasteiger partial charge on any atom is -0.494 e. The second kappa shape index (κ2) is 8.83. The van der Waals surface area contributed by atoms with Gasteiger partial charge in [0.1, 0.15) is 12.4 Å². The summed E-state index contributed by atoms with van der Waals surface area (Å²) in [7, 11) is 0. The number of carbonyl (C=O) groups is 3. The molecule has 31 heavy (non-hydrogen) atoms. The Hall–Kier alpha value is -3.93. The summed E-state index contributed by atoms with van der Waals surface area (Å²) in [6.45, 7) is 2.27. The van der Waals surface area contributed by atoms with Crippen molar-refractivity contribution in [1.82, 2.24) is 4.90 Å². The van der Waals surface area contributed by atoms with Crippen LogP contribution in [-0.2, 0) is 11.2 Å². The van der Waals surface area contributed by atoms with Crippen molar-refractivity contribution in [3.8, 4) is 5.75 Å². The van der Waals surface area contributed by atoms with Crippen molar-refractivity contribution in [2.24, 2.45) is 0 Å². The first kappa shape index (κ1) is 20.3. The van der Waals surface area contributed by atoms with Crippen LogP contribution in [0.2, 0.25) is 0 Å². The molecule has 0 saturated heterocycles. The molecule has 3 amide bonds. The van der Waals surface area contributed by atoms with Crippen molar-refractivity contribution < 1.29 is 19.1 Å². The van der Waals surface area contributed by atoms with Gasteiger partial charge in [-0.15, -0.1) is 0 Å². The van der Waals surface area contributed by atoms with E-state index in [1.807, 2.05) is 37.3 Å². The molecule has 0 N–H and O–H groups in total. The van der Waals surface area contributed by atoms with E-state index in [2.05, 4.69) is 0 Å². The maximum absolute atomic E-state index is 13.2. The lowest BCUT2D eigenvalue weighted by atomic mass is 10.1. The normalized spacial score (nSPS) is 12.6. The summed E-state index contributed by atoms with van der Waals surface area (Å²) < 4.78 is 5.48. The third kappa shape index (κ3) is 4.19. The summed E-state index contributed by atoms with van der Waals surface area (Å²) in [5, 5.41) is 0. The van der Waals surface area contributed by atoms with Gasteiger partial charge in [-0.2, -0.15) is 0 Å². The molecule has 0 spiro atoms. The first-order valence-electron chi connectivity index (χ1n) is 10.1. The van der Waals surface area contributed by atoms with E-state index >= 15 is 0 Å². The number of imide groups is 1. The van der Waals surface area contributed by atoms with E-state index in [1.165, 1.54) is 4.90 Å². The molecule has 6 heteroatoms. The molecule has 1 aliphatic heterocycles. The zero-order chi connectivity index (χ0) is 21.8. The number of ether oxygens (including phenoxy) is 1. The van der Waals surface area contributed by atoms with Crippen molar-refractivity contribution in [3.05, 3.63) is 95.6 Å². The number of benzene rings is 3. The molecule has 156 valence electrons. The Kier molecular flexibility index (Phi) is 5.80. The van der Waals surface area contributed by atoms with Crippen LogP contribution < -0.4 is 9.64 Å². The molecule has 0 aliphatic carbocycles. The van der Waals surface area contributed by atoms with Crippen molar-refractivity contribution >= 4 is 23.4 Å². The molecule has 4 rings (SSSR count). The number of hydrogen-bond donors (Lipinski definition) is 0. The lowest BCUT2D eigenvalue weighted by Crippen LogP contribution is -2.45. The minimum absolute atomic E-state index is 0.150. The largest absolute Gasteiger partial charge is 0.494 e. The van der Waals surface area contributed by atoms with Crippen molar-refractivity contribution in [1.29, 1.82) is 0 Å². The van der Waals surface area contributed by atoms with Crippen LogP contribution in [0.15, 0.2) is 78.9 Å². The predicted molar refractivity (Wildman–Crippen MR) is 117 cm³/mol. The number of nitrogens with zero attached hydrogens (tertiary/aromatic N) is 2. The quantitative estimate of drug-likeness (QED) is 0.550. The van der Waals surface area contributed by atoms with Gasteiger partial charge in [0.15, 0.2) is 0 Å². The van der Waals surface area contributed by atoms with Crippen molar-refractivity contribution in [2.75, 3.05) is 18.2 Å². The highest BCUT2D eigenvalue weighted by Crippen LogP contribution is 2.26. The van der Waals surface area contributed by atoms with Crippen molar-refractivity contribution in [2.45, 2.75) is 13.3 Å². The molecule has 0 fully saturated rings. The van der Waals surface area contributed by atoms with Crippen LogP contribution in [0.3, 0.4) is 0 Å². The molecule has 3 aromatic rings. The fraction of sp³-hybridized carbons (Fsp3) is 0.160. The van der Waals surface area contributed by atoms with E-state index in [4.69, 9.17) is 4.74 Å². The first-order chi connectivity index (χ1) is 15.1. The van der Waals surface area contributed by atoms with Gasteiger partial charge in [0.25, 0.3) is 11.8 Å². The highest BCUT2D eigenvalue weighted by Gasteiger charge is 2.37. The van der Waals surface area contributed by atoms with E-state index in [-0.39, 0.29) is 19.0 Å². The Morgan fingerprint density at radius 1 is 0.839 bits per heavy atom. The van der Waals surface area contributed by atoms with Crippen LogP contribution in [0.1, 0.15) is 33.2 Å². The summed E-state index contributed by atoms with van der Waals surface area (Å²) in [4.78, 5) is 41.5. The number of anilines is 1. The SMILES string of the molecule is CCOc1ccc(N(CN2C(=O)c3ccccc3C2=O)C(=O)Cc2ccccc2)cc1. The highest BCUT2D eigenvalue weighted by atomic mass is 16.5. The Bertz CT molecular complexity index is 1070. The third-order valence-corrected chi connectivity index (χ3v) is 5.12. The number of fused-ring (bicyclic) bond motifs is 1. The zero-order valence-corrected chi connectivity index (χ0v) is 17.2. The average Bonchev–Trinajstić information content (AvgIpc) is 3.04. The molecule has 0 radical (unpaired) electrons. The average molecular weight is 414 g/mol. The number of carbonyl (C=O) groups excluding carboxylic acids is 3. The van der Waals surface area contributed by atoms with Gasteiger partial charge in [-0.25, -0.2) is 0 Å². The maximum Gasteiger partial charge on any atom is 0.263 e. The van der Waals surface area contributed by atoms with E-state index in [0.717, 1.165) is 10.5 Å². The predicted octanol–water partition coefficient (Wildman–Crippen LogP) is 3.91. The van der Waals surface area contributed by atoms with Crippen molar-refractivity contribution in [3.63, 3.8) is 0 Å². The van der Waals surface area contributed by atoms with Gasteiger partial charge in [-0.1, -0.05) is 42.5 Å². The van der Waals surface area contributed by atoms with E-state index in [1.54, 1.807) is 48.5 Å². The fourth-order valence-electron chi connectivity index (χ4n) is 3.57. The lowest BCUT2D eigenvalue weighted by molar-refractivity contribution is -0.118. The van der Waals surface area contributed by atoms with Gasteiger partial charge < -0.3 is 4.74 Å². The van der Waals surface area contributed by atoms with Gasteiger partial charge in [0.05, 0.1) is 24.2 Å². The molecule has 6 nitrogen and oxygen atoms in total. The van der Waals surface area contributed by atoms with Gasteiger partial charge in [0.2, 0.25) is 5.91 Å². The molecular formula is C25H22N2O4. The Morgan fingerprint density at radius 3 is 2.00 bits per heavy atom. The van der Waals surface area contributed by atoms with Gasteiger partial charge in [-0.05, 0) is 48.9 Å². The molecule has 0 aromatic heterocycles. The van der Waals surface area contributed by atoms with Crippen LogP contribution in [-0.4, -0.2) is 35.9 Å². The molecule has 0 unspecified atom stereocenters. The van der Waals surface area contributed by atoms with Gasteiger partial charge in [-0.3, -0.25) is 24.2 Å². The minimum atomic E-state index is -0.399. The Labute approximate surface area is 180 Å². The summed E-state index contributed by atoms with van der Waals surface area (Å²) >= 11 is 0. The third-order valence-electron chi connectivity index (χ3n) is 5.12. The molecule has 1 heterocycles. The van der Waals surface area contributed by atoms with Crippen LogP contribution in [0, 0.1) is 0 Å². The fourth-order valence-corrected chi connectivity index (χ4v) is 3.57. The van der Waals surface area contributed by atoms with E-state index in [0.29, 0.717) is 29.2 Å². The Morgan fingerprint density at radius 2 is 1.42 bits per heavy atom. The first-order valence-corrected chi connectivity index (χ1v) is 10.1. The molecule has 3 aromatic carbocycles. The smallest absolute Gasteiger partial charge is 0.263 e. The lowest BCUT2D eigenvalue weighted by Gasteiger charge is -2.27. The van der Waals surface area contributed by atoms with Gasteiger partial charge >= 0.3 is 0 Å². The van der Waals surface area contributed by atoms with Crippen LogP contribution >= 0.6 is 0 Å². The van der Waals surface area contributed by atoms with E-state index < -0.39 is 11.8 Å². The van der Waals surface area contributed by atoms with E-state index in [9.17, 15) is 14.4 Å². The number of hydrogen-bond acceptors (Lipinski definition) is 4. The standard InChI is InChI=1S/C25H22N2O4/c1-2-31-20-14-12-19(13-15-20)26(23(28)16-18-8-4-3-5-9-18)17-27-24(29)21-10-6-7-11-22(21)25(27)30/h3-15H,2,16-17H2,1H3. The van der Waals surface area contributed by atoms with Crippen LogP contribution in [0.25, 0.3) is 0 Å². The maximum atomic E-state index is 13.2. The molecule has 0 atom stereocenters. The summed E-state index contributed by atoms with van der Waals surface area (Å²) in [6.07, 6.45) is 0.150. The van der Waals surface area contributed by atoms with Gasteiger partial charge in [0, 0.05) is 5.69 Å². The number of amides is 3. The Balaban J connectivity index is 1.63.